The molecule has 1 aromatic heterocycles. The Morgan fingerprint density at radius 2 is 2.00 bits per heavy atom. The van der Waals surface area contributed by atoms with Crippen molar-refractivity contribution in [1.82, 2.24) is 9.78 Å². The monoisotopic (exact) mass is 333 g/mol. The minimum absolute atomic E-state index is 0.0338. The van der Waals surface area contributed by atoms with Crippen molar-refractivity contribution in [2.45, 2.75) is 6.92 Å². The van der Waals surface area contributed by atoms with Gasteiger partial charge in [-0.25, -0.2) is 4.68 Å². The van der Waals surface area contributed by atoms with Crippen LogP contribution in [0.25, 0.3) is 11.8 Å². The number of para-hydroxylation sites is 1. The summed E-state index contributed by atoms with van der Waals surface area (Å²) >= 11 is 0. The molecule has 6 nitrogen and oxygen atoms in total. The molecule has 0 unspecified atom stereocenters. The Kier molecular flexibility index (Phi) is 4.52. The molecule has 0 spiro atoms. The second-order valence-electron chi connectivity index (χ2n) is 5.47. The molecule has 25 heavy (non-hydrogen) atoms. The lowest BCUT2D eigenvalue weighted by Gasteiger charge is -2.06. The van der Waals surface area contributed by atoms with Crippen molar-refractivity contribution in [3.8, 4) is 5.69 Å². The van der Waals surface area contributed by atoms with Crippen LogP contribution in [0.4, 0.5) is 5.69 Å². The third-order valence-corrected chi connectivity index (χ3v) is 3.78. The molecule has 0 saturated heterocycles. The van der Waals surface area contributed by atoms with Gasteiger partial charge in [-0.15, -0.1) is 0 Å². The van der Waals surface area contributed by atoms with Gasteiger partial charge in [-0.05, 0) is 36.8 Å². The number of aromatic nitrogens is 2. The fraction of sp³-hybridized carbons (Fsp3) is 0.0526. The molecule has 0 N–H and O–H groups in total. The van der Waals surface area contributed by atoms with Crippen LogP contribution in [0, 0.1) is 17.0 Å². The number of hydrogen-bond donors (Lipinski definition) is 0. The summed E-state index contributed by atoms with van der Waals surface area (Å²) in [5, 5.41) is 15.2. The molecule has 124 valence electrons. The van der Waals surface area contributed by atoms with Gasteiger partial charge in [0.05, 0.1) is 10.6 Å². The van der Waals surface area contributed by atoms with Crippen LogP contribution in [-0.4, -0.2) is 20.5 Å². The Labute approximate surface area is 144 Å². The highest BCUT2D eigenvalue weighted by atomic mass is 16.6. The van der Waals surface area contributed by atoms with Crippen molar-refractivity contribution in [1.29, 1.82) is 0 Å². The molecule has 0 aliphatic carbocycles. The Hall–Kier alpha value is -3.54. The number of rotatable bonds is 5. The van der Waals surface area contributed by atoms with Gasteiger partial charge in [0.1, 0.15) is 0 Å². The van der Waals surface area contributed by atoms with Crippen molar-refractivity contribution in [2.75, 3.05) is 0 Å². The van der Waals surface area contributed by atoms with Crippen LogP contribution in [0.5, 0.6) is 0 Å². The van der Waals surface area contributed by atoms with Crippen LogP contribution in [0.2, 0.25) is 0 Å². The molecule has 0 aliphatic rings. The normalized spacial score (nSPS) is 10.9. The summed E-state index contributed by atoms with van der Waals surface area (Å²) in [5.74, 6) is -0.200. The minimum Gasteiger partial charge on any atom is -0.289 e. The molecule has 0 fully saturated rings. The first-order chi connectivity index (χ1) is 12.1. The number of carbonyl (C=O) groups is 1. The molecule has 0 aliphatic heterocycles. The van der Waals surface area contributed by atoms with Crippen molar-refractivity contribution < 1.29 is 9.72 Å². The van der Waals surface area contributed by atoms with Crippen LogP contribution < -0.4 is 0 Å². The maximum atomic E-state index is 12.6. The van der Waals surface area contributed by atoms with E-state index in [0.29, 0.717) is 22.4 Å². The average molecular weight is 333 g/mol. The highest BCUT2D eigenvalue weighted by Crippen LogP contribution is 2.21. The fourth-order valence-corrected chi connectivity index (χ4v) is 2.48. The number of hydrogen-bond acceptors (Lipinski definition) is 4. The van der Waals surface area contributed by atoms with E-state index in [4.69, 9.17) is 0 Å². The molecule has 3 rings (SSSR count). The second-order valence-corrected chi connectivity index (χ2v) is 5.47. The summed E-state index contributed by atoms with van der Waals surface area (Å²) < 4.78 is 1.62. The van der Waals surface area contributed by atoms with Gasteiger partial charge in [0.15, 0.2) is 5.78 Å². The molecule has 0 bridgehead atoms. The summed E-state index contributed by atoms with van der Waals surface area (Å²) in [4.78, 5) is 23.1. The summed E-state index contributed by atoms with van der Waals surface area (Å²) in [6, 6.07) is 13.8. The second kappa shape index (κ2) is 6.92. The third-order valence-electron chi connectivity index (χ3n) is 3.78. The number of benzene rings is 2. The molecular formula is C19H15N3O3. The number of nitro benzene ring substituents is 1. The molecule has 6 heteroatoms. The van der Waals surface area contributed by atoms with Crippen LogP contribution in [0.3, 0.4) is 0 Å². The molecule has 0 atom stereocenters. The molecule has 0 saturated carbocycles. The van der Waals surface area contributed by atoms with E-state index >= 15 is 0 Å². The first-order valence-corrected chi connectivity index (χ1v) is 7.63. The van der Waals surface area contributed by atoms with E-state index < -0.39 is 4.92 Å². The van der Waals surface area contributed by atoms with Crippen LogP contribution in [0.1, 0.15) is 21.5 Å². The van der Waals surface area contributed by atoms with Gasteiger partial charge < -0.3 is 0 Å². The molecule has 0 amide bonds. The highest BCUT2D eigenvalue weighted by molar-refractivity contribution is 6.09. The number of nitro groups is 1. The van der Waals surface area contributed by atoms with Gasteiger partial charge >= 0.3 is 0 Å². The number of nitrogens with zero attached hydrogens (tertiary/aromatic N) is 3. The van der Waals surface area contributed by atoms with E-state index in [2.05, 4.69) is 5.10 Å². The van der Waals surface area contributed by atoms with Crippen LogP contribution >= 0.6 is 0 Å². The zero-order valence-corrected chi connectivity index (χ0v) is 13.5. The van der Waals surface area contributed by atoms with Gasteiger partial charge in [-0.1, -0.05) is 30.3 Å². The van der Waals surface area contributed by atoms with Crippen molar-refractivity contribution >= 4 is 17.5 Å². The summed E-state index contributed by atoms with van der Waals surface area (Å²) in [6.07, 6.45) is 6.40. The minimum atomic E-state index is -0.429. The van der Waals surface area contributed by atoms with E-state index in [1.165, 1.54) is 12.1 Å². The molecule has 0 radical (unpaired) electrons. The Bertz CT molecular complexity index is 960. The van der Waals surface area contributed by atoms with E-state index in [9.17, 15) is 14.9 Å². The molecule has 1 heterocycles. The number of ketones is 1. The summed E-state index contributed by atoms with van der Waals surface area (Å²) in [6.45, 7) is 1.68. The largest absolute Gasteiger partial charge is 0.289 e. The van der Waals surface area contributed by atoms with Gasteiger partial charge in [-0.3, -0.25) is 14.9 Å². The third kappa shape index (κ3) is 3.53. The van der Waals surface area contributed by atoms with Gasteiger partial charge in [-0.2, -0.15) is 5.10 Å². The maximum absolute atomic E-state index is 12.6. The number of carbonyl (C=O) groups excluding carboxylic acids is 1. The molecule has 2 aromatic carbocycles. The van der Waals surface area contributed by atoms with Crippen LogP contribution in [-0.2, 0) is 0 Å². The summed E-state index contributed by atoms with van der Waals surface area (Å²) in [5.41, 5.74) is 2.40. The topological polar surface area (TPSA) is 78.0 Å². The smallest absolute Gasteiger partial charge is 0.272 e. The van der Waals surface area contributed by atoms with Crippen molar-refractivity contribution in [3.05, 3.63) is 93.8 Å². The lowest BCUT2D eigenvalue weighted by molar-refractivity contribution is -0.385. The first kappa shape index (κ1) is 16.3. The highest BCUT2D eigenvalue weighted by Gasteiger charge is 2.12. The van der Waals surface area contributed by atoms with Crippen molar-refractivity contribution in [2.24, 2.45) is 0 Å². The zero-order chi connectivity index (χ0) is 17.8. The lowest BCUT2D eigenvalue weighted by atomic mass is 10.1. The van der Waals surface area contributed by atoms with Crippen LogP contribution in [0.15, 0.2) is 67.0 Å². The van der Waals surface area contributed by atoms with Gasteiger partial charge in [0, 0.05) is 29.6 Å². The Morgan fingerprint density at radius 1 is 1.20 bits per heavy atom. The quantitative estimate of drug-likeness (QED) is 0.306. The van der Waals surface area contributed by atoms with Crippen molar-refractivity contribution in [3.63, 3.8) is 0 Å². The van der Waals surface area contributed by atoms with Gasteiger partial charge in [0.2, 0.25) is 0 Å². The fourth-order valence-electron chi connectivity index (χ4n) is 2.48. The summed E-state index contributed by atoms with van der Waals surface area (Å²) in [7, 11) is 0. The maximum Gasteiger partial charge on any atom is 0.272 e. The predicted octanol–water partition coefficient (Wildman–Crippen LogP) is 3.99. The lowest BCUT2D eigenvalue weighted by Crippen LogP contribution is -2.04. The Morgan fingerprint density at radius 3 is 2.72 bits per heavy atom. The SMILES string of the molecule is Cc1ccc(/C=C/C(=O)c2ccccc2-n2cccn2)cc1[N+](=O)[O-]. The molecule has 3 aromatic rings. The number of allylic oxidation sites excluding steroid dienone is 1. The first-order valence-electron chi connectivity index (χ1n) is 7.63. The Balaban J connectivity index is 1.90. The average Bonchev–Trinajstić information content (AvgIpc) is 3.15. The van der Waals surface area contributed by atoms with E-state index in [-0.39, 0.29) is 11.5 Å². The zero-order valence-electron chi connectivity index (χ0n) is 13.5. The number of aryl methyl sites for hydroxylation is 1. The van der Waals surface area contributed by atoms with E-state index in [1.54, 1.807) is 60.4 Å². The van der Waals surface area contributed by atoms with Gasteiger partial charge in [0.25, 0.3) is 5.69 Å². The predicted molar refractivity (Wildman–Crippen MR) is 94.8 cm³/mol. The van der Waals surface area contributed by atoms with E-state index in [1.807, 2.05) is 12.1 Å². The molecular weight excluding hydrogens is 318 g/mol. The standard InChI is InChI=1S/C19H15N3O3/c1-14-7-8-15(13-18(14)22(24)25)9-10-19(23)16-5-2-3-6-17(16)21-12-4-11-20-21/h2-13H,1H3/b10-9+. The van der Waals surface area contributed by atoms with E-state index in [0.717, 1.165) is 0 Å².